The second-order valence-corrected chi connectivity index (χ2v) is 9.94. The van der Waals surface area contributed by atoms with E-state index >= 15 is 0 Å². The van der Waals surface area contributed by atoms with Gasteiger partial charge >= 0.3 is 6.09 Å². The summed E-state index contributed by atoms with van der Waals surface area (Å²) in [7, 11) is 0. The van der Waals surface area contributed by atoms with Gasteiger partial charge in [-0.25, -0.2) is 4.79 Å². The van der Waals surface area contributed by atoms with Gasteiger partial charge in [0.2, 0.25) is 11.0 Å². The van der Waals surface area contributed by atoms with E-state index < -0.39 is 11.5 Å². The molecule has 2 amide bonds. The molecular formula is C27H24N4O4S. The number of carbonyl (C=O) groups excluding carboxylic acids is 1. The highest BCUT2D eigenvalue weighted by Crippen LogP contribution is 2.52. The molecule has 3 N–H and O–H groups in total. The van der Waals surface area contributed by atoms with Crippen molar-refractivity contribution in [3.05, 3.63) is 88.9 Å². The van der Waals surface area contributed by atoms with Crippen LogP contribution < -0.4 is 15.4 Å². The van der Waals surface area contributed by atoms with E-state index in [1.165, 1.54) is 11.3 Å². The summed E-state index contributed by atoms with van der Waals surface area (Å²) in [6, 6.07) is 21.4. The lowest BCUT2D eigenvalue weighted by molar-refractivity contribution is -0.124. The lowest BCUT2D eigenvalue weighted by atomic mass is 9.69. The zero-order chi connectivity index (χ0) is 25.3. The first-order chi connectivity index (χ1) is 17.3. The first-order valence-electron chi connectivity index (χ1n) is 11.4. The molecular weight excluding hydrogens is 476 g/mol. The molecule has 182 valence electrons. The maximum absolute atomic E-state index is 13.4. The summed E-state index contributed by atoms with van der Waals surface area (Å²) in [6.07, 6.45) is -1.06. The van der Waals surface area contributed by atoms with Crippen molar-refractivity contribution >= 4 is 28.5 Å². The second-order valence-electron chi connectivity index (χ2n) is 9.10. The van der Waals surface area contributed by atoms with Crippen molar-refractivity contribution < 1.29 is 19.4 Å². The number of hydrogen-bond acceptors (Lipinski definition) is 6. The van der Waals surface area contributed by atoms with Gasteiger partial charge < -0.3 is 20.5 Å². The first kappa shape index (κ1) is 23.5. The Morgan fingerprint density at radius 3 is 2.56 bits per heavy atom. The zero-order valence-corrected chi connectivity index (χ0v) is 20.5. The third-order valence-corrected chi connectivity index (χ3v) is 6.97. The SMILES string of the molecule is CC(C)(C(=O)Nc1nncs1)C1c2ccccc2Oc2cc(-c3cccc(CNC(=O)O)c3)ccc21. The van der Waals surface area contributed by atoms with Gasteiger partial charge in [-0.05, 0) is 34.9 Å². The van der Waals surface area contributed by atoms with Crippen molar-refractivity contribution in [2.45, 2.75) is 26.3 Å². The molecule has 2 heterocycles. The molecule has 9 heteroatoms. The second kappa shape index (κ2) is 9.43. The normalized spacial score (nSPS) is 14.2. The number of benzene rings is 3. The van der Waals surface area contributed by atoms with Crippen molar-refractivity contribution in [2.75, 3.05) is 5.32 Å². The summed E-state index contributed by atoms with van der Waals surface area (Å²) >= 11 is 1.28. The van der Waals surface area contributed by atoms with E-state index in [-0.39, 0.29) is 18.4 Å². The van der Waals surface area contributed by atoms with E-state index in [2.05, 4.69) is 20.8 Å². The minimum absolute atomic E-state index is 0.158. The van der Waals surface area contributed by atoms with Crippen LogP contribution in [-0.4, -0.2) is 27.3 Å². The van der Waals surface area contributed by atoms with Crippen LogP contribution in [0.3, 0.4) is 0 Å². The summed E-state index contributed by atoms with van der Waals surface area (Å²) < 4.78 is 6.32. The Morgan fingerprint density at radius 2 is 1.78 bits per heavy atom. The Morgan fingerprint density at radius 1 is 1.00 bits per heavy atom. The number of nitrogens with zero attached hydrogens (tertiary/aromatic N) is 2. The summed E-state index contributed by atoms with van der Waals surface area (Å²) in [6.45, 7) is 4.07. The highest BCUT2D eigenvalue weighted by molar-refractivity contribution is 7.13. The van der Waals surface area contributed by atoms with Crippen LogP contribution in [0.1, 0.15) is 36.5 Å². The average molecular weight is 501 g/mol. The number of rotatable bonds is 6. The molecule has 3 aromatic carbocycles. The highest BCUT2D eigenvalue weighted by Gasteiger charge is 2.43. The van der Waals surface area contributed by atoms with E-state index in [9.17, 15) is 9.59 Å². The third kappa shape index (κ3) is 4.52. The van der Waals surface area contributed by atoms with Crippen LogP contribution >= 0.6 is 11.3 Å². The standard InChI is InChI=1S/C27H24N4O4S/c1-27(2,24(32)30-25-31-29-15-36-25)23-19-8-3-4-9-21(19)35-22-13-18(10-11-20(22)23)17-7-5-6-16(12-17)14-28-26(33)34/h3-13,15,23,28H,14H2,1-2H3,(H,33,34)(H,30,31,32). The molecule has 4 aromatic rings. The number of hydrogen-bond donors (Lipinski definition) is 3. The van der Waals surface area contributed by atoms with E-state index in [4.69, 9.17) is 9.84 Å². The Hall–Kier alpha value is -4.24. The quantitative estimate of drug-likeness (QED) is 0.305. The fourth-order valence-electron chi connectivity index (χ4n) is 4.57. The number of aromatic nitrogens is 2. The number of para-hydroxylation sites is 1. The monoisotopic (exact) mass is 500 g/mol. The van der Waals surface area contributed by atoms with Gasteiger partial charge in [0.1, 0.15) is 17.0 Å². The molecule has 0 saturated heterocycles. The molecule has 0 saturated carbocycles. The van der Waals surface area contributed by atoms with E-state index in [0.717, 1.165) is 27.8 Å². The number of carboxylic acid groups (broad SMARTS) is 1. The van der Waals surface area contributed by atoms with Crippen LogP contribution in [0.25, 0.3) is 11.1 Å². The number of amides is 2. The van der Waals surface area contributed by atoms with Crippen LogP contribution in [0, 0.1) is 5.41 Å². The number of carbonyl (C=O) groups is 2. The van der Waals surface area contributed by atoms with Crippen LogP contribution in [-0.2, 0) is 11.3 Å². The Kier molecular flexibility index (Phi) is 6.15. The minimum Gasteiger partial charge on any atom is -0.465 e. The molecule has 8 nitrogen and oxygen atoms in total. The largest absolute Gasteiger partial charge is 0.465 e. The molecule has 1 aliphatic rings. The molecule has 1 aromatic heterocycles. The average Bonchev–Trinajstić information content (AvgIpc) is 3.38. The Balaban J connectivity index is 1.53. The third-order valence-electron chi connectivity index (χ3n) is 6.37. The van der Waals surface area contributed by atoms with Gasteiger partial charge in [-0.3, -0.25) is 4.79 Å². The van der Waals surface area contributed by atoms with Gasteiger partial charge in [0.25, 0.3) is 0 Å². The van der Waals surface area contributed by atoms with Gasteiger partial charge in [-0.2, -0.15) is 0 Å². The van der Waals surface area contributed by atoms with Crippen LogP contribution in [0.5, 0.6) is 11.5 Å². The molecule has 1 aliphatic heterocycles. The lowest BCUT2D eigenvalue weighted by Crippen LogP contribution is -2.38. The Labute approximate surface area is 212 Å². The van der Waals surface area contributed by atoms with Crippen LogP contribution in [0.2, 0.25) is 0 Å². The van der Waals surface area contributed by atoms with Gasteiger partial charge in [0.15, 0.2) is 0 Å². The van der Waals surface area contributed by atoms with E-state index in [1.807, 2.05) is 80.6 Å². The maximum atomic E-state index is 13.4. The van der Waals surface area contributed by atoms with E-state index in [1.54, 1.807) is 5.51 Å². The van der Waals surface area contributed by atoms with Crippen molar-refractivity contribution in [3.8, 4) is 22.6 Å². The predicted molar refractivity (Wildman–Crippen MR) is 137 cm³/mol. The summed E-state index contributed by atoms with van der Waals surface area (Å²) in [5.74, 6) is 0.977. The first-order valence-corrected chi connectivity index (χ1v) is 12.3. The van der Waals surface area contributed by atoms with Gasteiger partial charge in [-0.15, -0.1) is 10.2 Å². The van der Waals surface area contributed by atoms with Crippen molar-refractivity contribution in [1.29, 1.82) is 0 Å². The molecule has 0 bridgehead atoms. The van der Waals surface area contributed by atoms with Gasteiger partial charge in [0, 0.05) is 23.6 Å². The van der Waals surface area contributed by atoms with Crippen molar-refractivity contribution in [1.82, 2.24) is 15.5 Å². The Bertz CT molecular complexity index is 1440. The van der Waals surface area contributed by atoms with Gasteiger partial charge in [-0.1, -0.05) is 73.7 Å². The minimum atomic E-state index is -1.06. The molecule has 1 atom stereocenters. The summed E-state index contributed by atoms with van der Waals surface area (Å²) in [5.41, 5.74) is 5.33. The number of ether oxygens (including phenoxy) is 1. The fraction of sp³-hybridized carbons (Fsp3) is 0.185. The smallest absolute Gasteiger partial charge is 0.404 e. The fourth-order valence-corrected chi connectivity index (χ4v) is 5.01. The summed E-state index contributed by atoms with van der Waals surface area (Å²) in [5, 5.41) is 22.4. The molecule has 1 unspecified atom stereocenters. The number of anilines is 1. The summed E-state index contributed by atoms with van der Waals surface area (Å²) in [4.78, 5) is 24.3. The predicted octanol–water partition coefficient (Wildman–Crippen LogP) is 5.88. The van der Waals surface area contributed by atoms with Crippen LogP contribution in [0.15, 0.2) is 72.2 Å². The van der Waals surface area contributed by atoms with Crippen molar-refractivity contribution in [3.63, 3.8) is 0 Å². The topological polar surface area (TPSA) is 113 Å². The lowest BCUT2D eigenvalue weighted by Gasteiger charge is -2.38. The molecule has 36 heavy (non-hydrogen) atoms. The highest BCUT2D eigenvalue weighted by atomic mass is 32.1. The molecule has 0 radical (unpaired) electrons. The van der Waals surface area contributed by atoms with Crippen LogP contribution in [0.4, 0.5) is 9.93 Å². The number of fused-ring (bicyclic) bond motifs is 2. The van der Waals surface area contributed by atoms with Crippen molar-refractivity contribution in [2.24, 2.45) is 5.41 Å². The van der Waals surface area contributed by atoms with E-state index in [0.29, 0.717) is 16.6 Å². The maximum Gasteiger partial charge on any atom is 0.404 e. The molecule has 0 aliphatic carbocycles. The van der Waals surface area contributed by atoms with Gasteiger partial charge in [0.05, 0.1) is 5.41 Å². The molecule has 0 spiro atoms. The zero-order valence-electron chi connectivity index (χ0n) is 19.7. The molecule has 0 fully saturated rings. The number of nitrogens with one attached hydrogen (secondary N) is 2. The molecule has 5 rings (SSSR count).